The van der Waals surface area contributed by atoms with Crippen molar-refractivity contribution < 1.29 is 4.79 Å². The molecule has 1 amide bonds. The molecule has 7 heteroatoms. The number of amidine groups is 1. The third-order valence-corrected chi connectivity index (χ3v) is 5.33. The molecule has 1 fully saturated rings. The zero-order valence-electron chi connectivity index (χ0n) is 16.1. The lowest BCUT2D eigenvalue weighted by molar-refractivity contribution is -0.128. The fraction of sp³-hybridized carbons (Fsp3) is 0.381. The normalized spacial score (nSPS) is 17.8. The summed E-state index contributed by atoms with van der Waals surface area (Å²) < 4.78 is 0. The SMILES string of the molecule is CC(=O)N1CCC(NCC2CC2)=C(C(N)=Nc2ccc(-c3ccn[nH]3)cc2)C1. The summed E-state index contributed by atoms with van der Waals surface area (Å²) in [5, 5.41) is 10.5. The van der Waals surface area contributed by atoms with E-state index in [1.807, 2.05) is 35.2 Å². The predicted molar refractivity (Wildman–Crippen MR) is 110 cm³/mol. The summed E-state index contributed by atoms with van der Waals surface area (Å²) in [7, 11) is 0. The van der Waals surface area contributed by atoms with Gasteiger partial charge in [-0.05, 0) is 42.5 Å². The summed E-state index contributed by atoms with van der Waals surface area (Å²) >= 11 is 0. The molecule has 7 nitrogen and oxygen atoms in total. The molecule has 28 heavy (non-hydrogen) atoms. The quantitative estimate of drug-likeness (QED) is 0.531. The first kappa shape index (κ1) is 18.3. The zero-order valence-corrected chi connectivity index (χ0v) is 16.1. The van der Waals surface area contributed by atoms with Gasteiger partial charge in [-0.1, -0.05) is 12.1 Å². The number of H-pyrrole nitrogens is 1. The highest BCUT2D eigenvalue weighted by molar-refractivity contribution is 6.00. The molecular formula is C21H26N6O. The van der Waals surface area contributed by atoms with Crippen LogP contribution in [0.3, 0.4) is 0 Å². The smallest absolute Gasteiger partial charge is 0.219 e. The molecule has 2 aliphatic rings. The van der Waals surface area contributed by atoms with E-state index in [2.05, 4.69) is 20.5 Å². The molecule has 0 atom stereocenters. The number of carbonyl (C=O) groups is 1. The molecule has 1 saturated carbocycles. The molecule has 4 N–H and O–H groups in total. The second-order valence-corrected chi connectivity index (χ2v) is 7.49. The average Bonchev–Trinajstić information content (AvgIpc) is 3.37. The Bertz CT molecular complexity index is 893. The minimum absolute atomic E-state index is 0.0652. The Morgan fingerprint density at radius 3 is 2.75 bits per heavy atom. The van der Waals surface area contributed by atoms with Gasteiger partial charge in [-0.2, -0.15) is 5.10 Å². The van der Waals surface area contributed by atoms with Crippen molar-refractivity contribution >= 4 is 17.4 Å². The first-order valence-electron chi connectivity index (χ1n) is 9.76. The second kappa shape index (κ2) is 7.88. The van der Waals surface area contributed by atoms with E-state index < -0.39 is 0 Å². The van der Waals surface area contributed by atoms with Gasteiger partial charge in [0, 0.05) is 43.9 Å². The van der Waals surface area contributed by atoms with E-state index in [0.29, 0.717) is 12.4 Å². The van der Waals surface area contributed by atoms with Crippen LogP contribution >= 0.6 is 0 Å². The zero-order chi connectivity index (χ0) is 19.5. The molecule has 2 aromatic rings. The van der Waals surface area contributed by atoms with Crippen molar-refractivity contribution in [3.05, 3.63) is 47.8 Å². The van der Waals surface area contributed by atoms with Gasteiger partial charge in [-0.15, -0.1) is 0 Å². The molecule has 0 spiro atoms. The van der Waals surface area contributed by atoms with E-state index >= 15 is 0 Å². The van der Waals surface area contributed by atoms with Gasteiger partial charge >= 0.3 is 0 Å². The topological polar surface area (TPSA) is 99.4 Å². The van der Waals surface area contributed by atoms with Crippen LogP contribution in [0, 0.1) is 5.92 Å². The van der Waals surface area contributed by atoms with Crippen LogP contribution in [0.15, 0.2) is 52.8 Å². The first-order valence-corrected chi connectivity index (χ1v) is 9.76. The minimum Gasteiger partial charge on any atom is -0.388 e. The molecule has 0 unspecified atom stereocenters. The fourth-order valence-corrected chi connectivity index (χ4v) is 3.39. The Labute approximate surface area is 164 Å². The number of aliphatic imine (C=N–C) groups is 1. The lowest BCUT2D eigenvalue weighted by Gasteiger charge is -2.30. The maximum absolute atomic E-state index is 11.9. The molecule has 1 aliphatic heterocycles. The third-order valence-electron chi connectivity index (χ3n) is 5.33. The lowest BCUT2D eigenvalue weighted by Crippen LogP contribution is -2.41. The Balaban J connectivity index is 1.56. The summed E-state index contributed by atoms with van der Waals surface area (Å²) in [6, 6.07) is 9.78. The van der Waals surface area contributed by atoms with Gasteiger partial charge in [0.2, 0.25) is 5.91 Å². The molecule has 146 valence electrons. The van der Waals surface area contributed by atoms with Crippen LogP contribution in [0.4, 0.5) is 5.69 Å². The van der Waals surface area contributed by atoms with Gasteiger partial charge in [0.25, 0.3) is 0 Å². The van der Waals surface area contributed by atoms with Crippen molar-refractivity contribution in [1.82, 2.24) is 20.4 Å². The van der Waals surface area contributed by atoms with Crippen molar-refractivity contribution in [2.24, 2.45) is 16.6 Å². The van der Waals surface area contributed by atoms with Crippen LogP contribution in [0.1, 0.15) is 26.2 Å². The molecule has 1 aromatic heterocycles. The van der Waals surface area contributed by atoms with E-state index in [9.17, 15) is 4.79 Å². The molecule has 0 saturated heterocycles. The third kappa shape index (κ3) is 4.24. The number of hydrogen-bond donors (Lipinski definition) is 3. The minimum atomic E-state index is 0.0652. The highest BCUT2D eigenvalue weighted by Gasteiger charge is 2.26. The number of aromatic amines is 1. The van der Waals surface area contributed by atoms with E-state index in [4.69, 9.17) is 5.73 Å². The Hall–Kier alpha value is -3.09. The van der Waals surface area contributed by atoms with Crippen LogP contribution in [0.25, 0.3) is 11.3 Å². The average molecular weight is 378 g/mol. The number of carbonyl (C=O) groups excluding carboxylic acids is 1. The molecule has 1 aliphatic carbocycles. The molecule has 0 radical (unpaired) electrons. The lowest BCUT2D eigenvalue weighted by atomic mass is 10.0. The van der Waals surface area contributed by atoms with Crippen LogP contribution in [-0.4, -0.2) is 46.5 Å². The van der Waals surface area contributed by atoms with Crippen LogP contribution in [-0.2, 0) is 4.79 Å². The van der Waals surface area contributed by atoms with Crippen molar-refractivity contribution in [3.63, 3.8) is 0 Å². The highest BCUT2D eigenvalue weighted by Crippen LogP contribution is 2.29. The van der Waals surface area contributed by atoms with Crippen molar-refractivity contribution in [1.29, 1.82) is 0 Å². The Morgan fingerprint density at radius 1 is 1.32 bits per heavy atom. The molecule has 4 rings (SSSR count). The van der Waals surface area contributed by atoms with E-state index in [1.165, 1.54) is 12.8 Å². The van der Waals surface area contributed by atoms with Crippen LogP contribution < -0.4 is 11.1 Å². The van der Waals surface area contributed by atoms with Crippen molar-refractivity contribution in [2.75, 3.05) is 19.6 Å². The van der Waals surface area contributed by atoms with Gasteiger partial charge in [0.1, 0.15) is 5.84 Å². The van der Waals surface area contributed by atoms with Crippen LogP contribution in [0.2, 0.25) is 0 Å². The summed E-state index contributed by atoms with van der Waals surface area (Å²) in [6.07, 6.45) is 5.10. The summed E-state index contributed by atoms with van der Waals surface area (Å²) in [4.78, 5) is 18.3. The number of hydrogen-bond acceptors (Lipinski definition) is 4. The van der Waals surface area contributed by atoms with Gasteiger partial charge in [0.15, 0.2) is 0 Å². The van der Waals surface area contributed by atoms with Gasteiger partial charge in [0.05, 0.1) is 17.9 Å². The number of nitrogens with two attached hydrogens (primary N) is 1. The van der Waals surface area contributed by atoms with Gasteiger partial charge < -0.3 is 16.0 Å². The largest absolute Gasteiger partial charge is 0.388 e. The van der Waals surface area contributed by atoms with Crippen molar-refractivity contribution in [2.45, 2.75) is 26.2 Å². The molecule has 2 heterocycles. The van der Waals surface area contributed by atoms with E-state index in [1.54, 1.807) is 13.1 Å². The van der Waals surface area contributed by atoms with E-state index in [0.717, 1.165) is 53.6 Å². The highest BCUT2D eigenvalue weighted by atomic mass is 16.2. The summed E-state index contributed by atoms with van der Waals surface area (Å²) in [5.41, 5.74) is 11.2. The number of nitrogens with one attached hydrogen (secondary N) is 2. The fourth-order valence-electron chi connectivity index (χ4n) is 3.39. The molecule has 0 bridgehead atoms. The monoisotopic (exact) mass is 378 g/mol. The van der Waals surface area contributed by atoms with Gasteiger partial charge in [-0.25, -0.2) is 4.99 Å². The number of benzene rings is 1. The van der Waals surface area contributed by atoms with Crippen LogP contribution in [0.5, 0.6) is 0 Å². The molecule has 1 aromatic carbocycles. The maximum atomic E-state index is 11.9. The van der Waals surface area contributed by atoms with E-state index in [-0.39, 0.29) is 5.91 Å². The standard InChI is InChI=1S/C21H26N6O/c1-14(28)27-11-9-20(23-12-15-2-3-15)18(13-27)21(22)25-17-6-4-16(5-7-17)19-8-10-24-26-19/h4-8,10,15,23H,2-3,9,11-13H2,1H3,(H2,22,25)(H,24,26). The number of amides is 1. The maximum Gasteiger partial charge on any atom is 0.219 e. The number of aromatic nitrogens is 2. The Morgan fingerprint density at radius 2 is 2.11 bits per heavy atom. The number of nitrogens with zero attached hydrogens (tertiary/aromatic N) is 3. The predicted octanol–water partition coefficient (Wildman–Crippen LogP) is 2.57. The Kier molecular flexibility index (Phi) is 5.14. The first-order chi connectivity index (χ1) is 13.6. The summed E-state index contributed by atoms with van der Waals surface area (Å²) in [6.45, 7) is 3.80. The molecular weight excluding hydrogens is 352 g/mol. The van der Waals surface area contributed by atoms with Gasteiger partial charge in [-0.3, -0.25) is 9.89 Å². The summed E-state index contributed by atoms with van der Waals surface area (Å²) in [5.74, 6) is 1.31. The number of rotatable bonds is 6. The van der Waals surface area contributed by atoms with Crippen molar-refractivity contribution in [3.8, 4) is 11.3 Å². The second-order valence-electron chi connectivity index (χ2n) is 7.49.